The van der Waals surface area contributed by atoms with Crippen molar-refractivity contribution in [2.75, 3.05) is 33.4 Å². The molecule has 0 fully saturated rings. The fourth-order valence-electron chi connectivity index (χ4n) is 1.11. The zero-order valence-corrected chi connectivity index (χ0v) is 12.1. The summed E-state index contributed by atoms with van der Waals surface area (Å²) < 4.78 is 1.11. The summed E-state index contributed by atoms with van der Waals surface area (Å²) in [6.07, 6.45) is 5.70. The number of hydrogen-bond donors (Lipinski definition) is 2. The molecule has 0 atom stereocenters. The third-order valence-corrected chi connectivity index (χ3v) is 2.23. The van der Waals surface area contributed by atoms with E-state index >= 15 is 0 Å². The molecule has 0 aromatic rings. The van der Waals surface area contributed by atoms with Gasteiger partial charge in [-0.05, 0) is 12.8 Å². The van der Waals surface area contributed by atoms with Crippen LogP contribution in [0.25, 0.3) is 0 Å². The number of hydrogen-bond acceptors (Lipinski definition) is 2. The summed E-state index contributed by atoms with van der Waals surface area (Å²) in [7, 11) is 6.77. The lowest BCUT2D eigenvalue weighted by molar-refractivity contribution is -0.870. The molecule has 0 radical (unpaired) electrons. The van der Waals surface area contributed by atoms with E-state index in [0.717, 1.165) is 4.48 Å². The maximum atomic E-state index is 9.55. The van der Waals surface area contributed by atoms with Crippen molar-refractivity contribution >= 4 is 18.6 Å². The largest absolute Gasteiger partial charge is 0.481 e. The first-order chi connectivity index (χ1) is 7.33. The van der Waals surface area contributed by atoms with Crippen LogP contribution in [-0.4, -0.2) is 49.0 Å². The number of aliphatic carboxylic acids is 1. The molecule has 0 aromatic heterocycles. The second kappa shape index (κ2) is 11.3. The van der Waals surface area contributed by atoms with Crippen LogP contribution in [0.2, 0.25) is 0 Å². The van der Waals surface area contributed by atoms with Crippen LogP contribution in [0.4, 0.5) is 0 Å². The van der Waals surface area contributed by atoms with Crippen LogP contribution in [0.15, 0.2) is 0 Å². The van der Waals surface area contributed by atoms with Crippen LogP contribution in [0.1, 0.15) is 39.0 Å². The quantitative estimate of drug-likeness (QED) is 0.414. The SMILES string of the molecule is CCCCCC[N+](C)(C)C.O=C(O)CCS. The Kier molecular flexibility index (Phi) is 12.8. The van der Waals surface area contributed by atoms with Gasteiger partial charge in [-0.3, -0.25) is 4.79 Å². The Hall–Kier alpha value is -0.220. The lowest BCUT2D eigenvalue weighted by Crippen LogP contribution is -2.35. The van der Waals surface area contributed by atoms with Crippen LogP contribution < -0.4 is 0 Å². The molecule has 0 saturated heterocycles. The first kappa shape index (κ1) is 18.2. The normalized spacial score (nSPS) is 10.6. The maximum Gasteiger partial charge on any atom is 0.304 e. The van der Waals surface area contributed by atoms with E-state index in [9.17, 15) is 4.79 Å². The Labute approximate surface area is 106 Å². The average Bonchev–Trinajstić information content (AvgIpc) is 2.12. The molecule has 0 rings (SSSR count). The maximum absolute atomic E-state index is 9.55. The average molecular weight is 250 g/mol. The molecule has 16 heavy (non-hydrogen) atoms. The number of thiol groups is 1. The van der Waals surface area contributed by atoms with Gasteiger partial charge in [-0.2, -0.15) is 12.6 Å². The van der Waals surface area contributed by atoms with Crippen LogP contribution in [0.5, 0.6) is 0 Å². The van der Waals surface area contributed by atoms with Crippen molar-refractivity contribution in [2.45, 2.75) is 39.0 Å². The predicted octanol–water partition coefficient (Wildman–Crippen LogP) is 2.66. The van der Waals surface area contributed by atoms with Crippen molar-refractivity contribution in [1.82, 2.24) is 0 Å². The van der Waals surface area contributed by atoms with Crippen molar-refractivity contribution in [2.24, 2.45) is 0 Å². The van der Waals surface area contributed by atoms with Crippen molar-refractivity contribution in [1.29, 1.82) is 0 Å². The summed E-state index contributed by atoms with van der Waals surface area (Å²) in [6.45, 7) is 3.58. The van der Waals surface area contributed by atoms with E-state index in [-0.39, 0.29) is 6.42 Å². The van der Waals surface area contributed by atoms with Crippen LogP contribution in [0, 0.1) is 0 Å². The van der Waals surface area contributed by atoms with Gasteiger partial charge in [-0.25, -0.2) is 0 Å². The molecular formula is C12H28NO2S+. The first-order valence-electron chi connectivity index (χ1n) is 5.96. The molecule has 4 heteroatoms. The smallest absolute Gasteiger partial charge is 0.304 e. The summed E-state index contributed by atoms with van der Waals surface area (Å²) in [5, 5.41) is 7.86. The van der Waals surface area contributed by atoms with Gasteiger partial charge in [0.05, 0.1) is 34.1 Å². The first-order valence-corrected chi connectivity index (χ1v) is 6.59. The van der Waals surface area contributed by atoms with Crippen LogP contribution >= 0.6 is 12.6 Å². The van der Waals surface area contributed by atoms with E-state index in [1.165, 1.54) is 32.2 Å². The zero-order chi connectivity index (χ0) is 13.0. The standard InChI is InChI=1S/C9H22N.C3H6O2S/c1-5-6-7-8-9-10(2,3)4;4-3(5)1-2-6/h5-9H2,1-4H3;6H,1-2H2,(H,4,5)/q+1;. The molecule has 0 bridgehead atoms. The second-order valence-corrected chi connectivity index (χ2v) is 5.39. The minimum atomic E-state index is -0.787. The van der Waals surface area contributed by atoms with E-state index in [4.69, 9.17) is 5.11 Å². The van der Waals surface area contributed by atoms with Crippen molar-refractivity contribution in [3.05, 3.63) is 0 Å². The van der Waals surface area contributed by atoms with Gasteiger partial charge in [-0.15, -0.1) is 0 Å². The minimum Gasteiger partial charge on any atom is -0.481 e. The summed E-state index contributed by atoms with van der Waals surface area (Å²) in [5.74, 6) is -0.361. The fraction of sp³-hybridized carbons (Fsp3) is 0.917. The summed E-state index contributed by atoms with van der Waals surface area (Å²) in [5.41, 5.74) is 0. The molecule has 0 saturated carbocycles. The van der Waals surface area contributed by atoms with Crippen molar-refractivity contribution < 1.29 is 14.4 Å². The molecule has 0 spiro atoms. The highest BCUT2D eigenvalue weighted by Crippen LogP contribution is 2.01. The molecule has 0 aliphatic carbocycles. The monoisotopic (exact) mass is 250 g/mol. The van der Waals surface area contributed by atoms with Gasteiger partial charge < -0.3 is 9.59 Å². The van der Waals surface area contributed by atoms with Crippen LogP contribution in [-0.2, 0) is 4.79 Å². The highest BCUT2D eigenvalue weighted by Gasteiger charge is 2.04. The number of quaternary nitrogens is 1. The number of carbonyl (C=O) groups is 1. The van der Waals surface area contributed by atoms with Gasteiger partial charge in [0.2, 0.25) is 0 Å². The topological polar surface area (TPSA) is 37.3 Å². The molecule has 3 nitrogen and oxygen atoms in total. The number of nitrogens with zero attached hydrogens (tertiary/aromatic N) is 1. The molecule has 0 aliphatic rings. The molecule has 0 aliphatic heterocycles. The molecule has 0 heterocycles. The molecule has 0 amide bonds. The molecule has 0 aromatic carbocycles. The van der Waals surface area contributed by atoms with Gasteiger partial charge in [0.1, 0.15) is 0 Å². The van der Waals surface area contributed by atoms with E-state index < -0.39 is 5.97 Å². The lowest BCUT2D eigenvalue weighted by Gasteiger charge is -2.23. The van der Waals surface area contributed by atoms with Gasteiger partial charge in [-0.1, -0.05) is 19.8 Å². The van der Waals surface area contributed by atoms with E-state index in [1.54, 1.807) is 0 Å². The lowest BCUT2D eigenvalue weighted by atomic mass is 10.2. The number of rotatable bonds is 7. The summed E-state index contributed by atoms with van der Waals surface area (Å²) >= 11 is 3.68. The summed E-state index contributed by atoms with van der Waals surface area (Å²) in [6, 6.07) is 0. The minimum absolute atomic E-state index is 0.156. The molecule has 98 valence electrons. The molecular weight excluding hydrogens is 222 g/mol. The van der Waals surface area contributed by atoms with Gasteiger partial charge in [0.15, 0.2) is 0 Å². The summed E-state index contributed by atoms with van der Waals surface area (Å²) in [4.78, 5) is 9.55. The Morgan fingerprint density at radius 3 is 2.00 bits per heavy atom. The Balaban J connectivity index is 0. The van der Waals surface area contributed by atoms with Gasteiger partial charge >= 0.3 is 5.97 Å². The van der Waals surface area contributed by atoms with E-state index in [2.05, 4.69) is 40.7 Å². The molecule has 1 N–H and O–H groups in total. The predicted molar refractivity (Wildman–Crippen MR) is 73.1 cm³/mol. The number of unbranched alkanes of at least 4 members (excludes halogenated alkanes) is 3. The highest BCUT2D eigenvalue weighted by atomic mass is 32.1. The molecule has 0 unspecified atom stereocenters. The number of carboxylic acids is 1. The van der Waals surface area contributed by atoms with Crippen LogP contribution in [0.3, 0.4) is 0 Å². The second-order valence-electron chi connectivity index (χ2n) is 4.94. The third-order valence-electron chi connectivity index (χ3n) is 2.01. The zero-order valence-electron chi connectivity index (χ0n) is 11.2. The third kappa shape index (κ3) is 23.5. The Morgan fingerprint density at radius 1 is 1.19 bits per heavy atom. The number of carboxylic acid groups (broad SMARTS) is 1. The highest BCUT2D eigenvalue weighted by molar-refractivity contribution is 7.80. The van der Waals surface area contributed by atoms with E-state index in [0.29, 0.717) is 5.75 Å². The van der Waals surface area contributed by atoms with Gasteiger partial charge in [0, 0.05) is 5.75 Å². The van der Waals surface area contributed by atoms with Crippen molar-refractivity contribution in [3.8, 4) is 0 Å². The van der Waals surface area contributed by atoms with E-state index in [1.807, 2.05) is 0 Å². The van der Waals surface area contributed by atoms with Gasteiger partial charge in [0.25, 0.3) is 0 Å². The Morgan fingerprint density at radius 2 is 1.75 bits per heavy atom. The van der Waals surface area contributed by atoms with Crippen molar-refractivity contribution in [3.63, 3.8) is 0 Å². The fourth-order valence-corrected chi connectivity index (χ4v) is 1.30. The Bertz CT molecular complexity index is 167.